The smallest absolute Gasteiger partial charge is 0.136 e. The van der Waals surface area contributed by atoms with Gasteiger partial charge in [0.05, 0.1) is 11.5 Å². The van der Waals surface area contributed by atoms with Crippen molar-refractivity contribution in [1.82, 2.24) is 0 Å². The first kappa shape index (κ1) is 8.74. The molecule has 70 valence electrons. The molecule has 0 aliphatic heterocycles. The van der Waals surface area contributed by atoms with E-state index in [1.54, 1.807) is 0 Å². The van der Waals surface area contributed by atoms with Crippen LogP contribution in [0.3, 0.4) is 0 Å². The van der Waals surface area contributed by atoms with E-state index in [1.165, 1.54) is 6.42 Å². The molecule has 0 heterocycles. The Balaban J connectivity index is 2.22. The average Bonchev–Trinajstić information content (AvgIpc) is 1.99. The third kappa shape index (κ3) is 0.905. The number of Topliss-reactive ketones (excluding diaryl/α,β-unsaturated/α-hetero) is 1. The number of hydrogen-bond acceptors (Lipinski definition) is 2. The molecule has 13 heavy (non-hydrogen) atoms. The van der Waals surface area contributed by atoms with Crippen LogP contribution in [0.15, 0.2) is 0 Å². The Morgan fingerprint density at radius 2 is 2.08 bits per heavy atom. The minimum Gasteiger partial charge on any atom is -0.300 e. The van der Waals surface area contributed by atoms with E-state index in [-0.39, 0.29) is 16.6 Å². The first-order chi connectivity index (χ1) is 6.18. The molecule has 0 unspecified atom stereocenters. The Bertz CT molecular complexity index is 269. The van der Waals surface area contributed by atoms with Crippen molar-refractivity contribution in [1.29, 1.82) is 5.26 Å². The first-order valence-corrected chi connectivity index (χ1v) is 5.11. The number of carbonyl (C=O) groups is 1. The lowest BCUT2D eigenvalue weighted by Crippen LogP contribution is -2.53. The molecule has 0 aromatic carbocycles. The van der Waals surface area contributed by atoms with E-state index in [0.717, 1.165) is 19.3 Å². The summed E-state index contributed by atoms with van der Waals surface area (Å²) >= 11 is 0. The fourth-order valence-corrected chi connectivity index (χ4v) is 2.97. The van der Waals surface area contributed by atoms with Gasteiger partial charge in [0.15, 0.2) is 0 Å². The summed E-state index contributed by atoms with van der Waals surface area (Å²) in [5.74, 6) is 0.279. The van der Waals surface area contributed by atoms with Gasteiger partial charge >= 0.3 is 0 Å². The van der Waals surface area contributed by atoms with Gasteiger partial charge < -0.3 is 0 Å². The van der Waals surface area contributed by atoms with Crippen LogP contribution in [0.2, 0.25) is 0 Å². The fourth-order valence-electron chi connectivity index (χ4n) is 2.97. The van der Waals surface area contributed by atoms with E-state index >= 15 is 0 Å². The van der Waals surface area contributed by atoms with Crippen LogP contribution in [0.4, 0.5) is 0 Å². The van der Waals surface area contributed by atoms with Gasteiger partial charge in [0.25, 0.3) is 0 Å². The molecule has 0 amide bonds. The minimum absolute atomic E-state index is 0.204. The maximum absolute atomic E-state index is 11.0. The number of carbonyl (C=O) groups excluding carboxylic acids is 1. The van der Waals surface area contributed by atoms with Crippen LogP contribution in [-0.4, -0.2) is 5.78 Å². The third-order valence-electron chi connectivity index (χ3n) is 4.21. The summed E-state index contributed by atoms with van der Waals surface area (Å²) in [7, 11) is 0. The summed E-state index contributed by atoms with van der Waals surface area (Å²) in [4.78, 5) is 11.0. The van der Waals surface area contributed by atoms with E-state index < -0.39 is 0 Å². The Morgan fingerprint density at radius 1 is 1.46 bits per heavy atom. The average molecular weight is 177 g/mol. The normalized spacial score (nSPS) is 28.5. The number of hydrogen-bond donors (Lipinski definition) is 0. The molecule has 0 radical (unpaired) electrons. The van der Waals surface area contributed by atoms with Crippen LogP contribution in [-0.2, 0) is 4.79 Å². The van der Waals surface area contributed by atoms with Crippen LogP contribution in [0, 0.1) is 22.2 Å². The predicted octanol–water partition coefficient (Wildman–Crippen LogP) is 2.44. The first-order valence-electron chi connectivity index (χ1n) is 5.11. The lowest BCUT2D eigenvalue weighted by molar-refractivity contribution is -0.143. The lowest BCUT2D eigenvalue weighted by Gasteiger charge is -2.56. The van der Waals surface area contributed by atoms with Gasteiger partial charge in [0.1, 0.15) is 5.78 Å². The second-order valence-electron chi connectivity index (χ2n) is 4.57. The SMILES string of the molecule is CCC1(C2(C#N)CC(=O)C2)CCC1. The van der Waals surface area contributed by atoms with E-state index in [0.29, 0.717) is 12.8 Å². The molecule has 0 bridgehead atoms. The quantitative estimate of drug-likeness (QED) is 0.650. The van der Waals surface area contributed by atoms with Crippen molar-refractivity contribution in [3.05, 3.63) is 0 Å². The predicted molar refractivity (Wildman–Crippen MR) is 48.9 cm³/mol. The number of ketones is 1. The highest BCUT2D eigenvalue weighted by Gasteiger charge is 2.60. The van der Waals surface area contributed by atoms with Crippen LogP contribution >= 0.6 is 0 Å². The maximum atomic E-state index is 11.0. The topological polar surface area (TPSA) is 40.9 Å². The van der Waals surface area contributed by atoms with Crippen molar-refractivity contribution in [3.8, 4) is 6.07 Å². The van der Waals surface area contributed by atoms with Gasteiger partial charge in [-0.05, 0) is 24.7 Å². The molecule has 2 heteroatoms. The molecule has 2 fully saturated rings. The molecule has 2 saturated carbocycles. The molecule has 0 aromatic heterocycles. The van der Waals surface area contributed by atoms with Gasteiger partial charge in [-0.1, -0.05) is 13.3 Å². The van der Waals surface area contributed by atoms with Crippen LogP contribution in [0.5, 0.6) is 0 Å². The molecule has 0 spiro atoms. The van der Waals surface area contributed by atoms with E-state index in [2.05, 4.69) is 13.0 Å². The number of rotatable bonds is 2. The second-order valence-corrected chi connectivity index (χ2v) is 4.57. The van der Waals surface area contributed by atoms with Crippen molar-refractivity contribution >= 4 is 5.78 Å². The second kappa shape index (κ2) is 2.57. The zero-order valence-electron chi connectivity index (χ0n) is 8.10. The van der Waals surface area contributed by atoms with E-state index in [1.807, 2.05) is 0 Å². The molecule has 2 rings (SSSR count). The van der Waals surface area contributed by atoms with Gasteiger partial charge in [0, 0.05) is 12.8 Å². The highest BCUT2D eigenvalue weighted by molar-refractivity contribution is 5.87. The molecular weight excluding hydrogens is 162 g/mol. The monoisotopic (exact) mass is 177 g/mol. The third-order valence-corrected chi connectivity index (χ3v) is 4.21. The van der Waals surface area contributed by atoms with Gasteiger partial charge in [-0.25, -0.2) is 0 Å². The van der Waals surface area contributed by atoms with Crippen molar-refractivity contribution in [3.63, 3.8) is 0 Å². The van der Waals surface area contributed by atoms with Gasteiger partial charge in [0.2, 0.25) is 0 Å². The summed E-state index contributed by atoms with van der Waals surface area (Å²) in [5, 5.41) is 9.18. The minimum atomic E-state index is -0.267. The Labute approximate surface area is 78.9 Å². The molecule has 2 aliphatic carbocycles. The highest BCUT2D eigenvalue weighted by Crippen LogP contribution is 2.63. The molecule has 0 saturated heterocycles. The largest absolute Gasteiger partial charge is 0.300 e. The Kier molecular flexibility index (Phi) is 1.73. The molecule has 0 atom stereocenters. The molecule has 2 nitrogen and oxygen atoms in total. The zero-order chi connectivity index (χ0) is 9.53. The summed E-state index contributed by atoms with van der Waals surface area (Å²) in [6, 6.07) is 2.42. The van der Waals surface area contributed by atoms with Crippen molar-refractivity contribution in [2.75, 3.05) is 0 Å². The summed E-state index contributed by atoms with van der Waals surface area (Å²) < 4.78 is 0. The standard InChI is InChI=1S/C11H15NO/c1-2-10(4-3-5-10)11(8-12)6-9(13)7-11/h2-7H2,1H3. The number of nitriles is 1. The molecular formula is C11H15NO. The zero-order valence-corrected chi connectivity index (χ0v) is 8.10. The van der Waals surface area contributed by atoms with Crippen LogP contribution in [0.1, 0.15) is 45.4 Å². The van der Waals surface area contributed by atoms with Crippen molar-refractivity contribution < 1.29 is 4.79 Å². The van der Waals surface area contributed by atoms with Crippen LogP contribution < -0.4 is 0 Å². The van der Waals surface area contributed by atoms with Gasteiger partial charge in [-0.15, -0.1) is 0 Å². The summed E-state index contributed by atoms with van der Waals surface area (Å²) in [6.45, 7) is 2.15. The van der Waals surface area contributed by atoms with E-state index in [4.69, 9.17) is 0 Å². The lowest BCUT2D eigenvalue weighted by atomic mass is 9.45. The van der Waals surface area contributed by atoms with Crippen molar-refractivity contribution in [2.45, 2.75) is 45.4 Å². The Hall–Kier alpha value is -0.840. The molecule has 2 aliphatic rings. The van der Waals surface area contributed by atoms with Gasteiger partial charge in [-0.3, -0.25) is 4.79 Å². The highest BCUT2D eigenvalue weighted by atomic mass is 16.1. The number of nitrogens with zero attached hydrogens (tertiary/aromatic N) is 1. The summed E-state index contributed by atoms with van der Waals surface area (Å²) in [5.41, 5.74) is -0.0628. The van der Waals surface area contributed by atoms with Crippen LogP contribution in [0.25, 0.3) is 0 Å². The van der Waals surface area contributed by atoms with E-state index in [9.17, 15) is 10.1 Å². The molecule has 0 aromatic rings. The Morgan fingerprint density at radius 3 is 2.31 bits per heavy atom. The maximum Gasteiger partial charge on any atom is 0.136 e. The fraction of sp³-hybridized carbons (Fsp3) is 0.818. The van der Waals surface area contributed by atoms with Crippen molar-refractivity contribution in [2.24, 2.45) is 10.8 Å². The van der Waals surface area contributed by atoms with Gasteiger partial charge in [-0.2, -0.15) is 5.26 Å². The molecule has 0 N–H and O–H groups in total. The summed E-state index contributed by atoms with van der Waals surface area (Å²) in [6.07, 6.45) is 5.67.